The lowest BCUT2D eigenvalue weighted by Crippen LogP contribution is -2.55. The van der Waals surface area contributed by atoms with Gasteiger partial charge in [0.15, 0.2) is 0 Å². The zero-order valence-corrected chi connectivity index (χ0v) is 16.1. The summed E-state index contributed by atoms with van der Waals surface area (Å²) in [6, 6.07) is 11.5. The van der Waals surface area contributed by atoms with E-state index in [1.54, 1.807) is 18.2 Å². The van der Waals surface area contributed by atoms with Crippen LogP contribution >= 0.6 is 11.6 Å². The minimum absolute atomic E-state index is 0.178. The topological polar surface area (TPSA) is 90.2 Å². The molecule has 0 spiro atoms. The van der Waals surface area contributed by atoms with Crippen LogP contribution in [0.2, 0.25) is 5.02 Å². The number of benzene rings is 2. The van der Waals surface area contributed by atoms with Gasteiger partial charge in [0.25, 0.3) is 0 Å². The first-order valence-corrected chi connectivity index (χ1v) is 9.42. The van der Waals surface area contributed by atoms with Gasteiger partial charge in [0.05, 0.1) is 6.61 Å². The van der Waals surface area contributed by atoms with Crippen LogP contribution in [0.1, 0.15) is 38.0 Å². The molecular formula is C22H25ClO5. The molecule has 0 unspecified atom stereocenters. The maximum absolute atomic E-state index is 10.4. The predicted molar refractivity (Wildman–Crippen MR) is 108 cm³/mol. The highest BCUT2D eigenvalue weighted by molar-refractivity contribution is 6.31. The van der Waals surface area contributed by atoms with Gasteiger partial charge in [-0.1, -0.05) is 60.2 Å². The molecule has 0 saturated carbocycles. The summed E-state index contributed by atoms with van der Waals surface area (Å²) in [5.41, 5.74) is 1.90. The molecule has 150 valence electrons. The summed E-state index contributed by atoms with van der Waals surface area (Å²) in [5.74, 6) is 0. The molecule has 5 atom stereocenters. The highest BCUT2D eigenvalue weighted by atomic mass is 35.5. The SMILES string of the molecule is [2H]C([2H])(c1ccc(/C=C/C)cc1)c1cc([C@@H]2O[C@H](CO)[C@@H](O)[C@H](O)[C@H]2O)ccc1Cl. The molecule has 1 heterocycles. The number of aliphatic hydroxyl groups is 4. The fourth-order valence-electron chi connectivity index (χ4n) is 3.22. The maximum Gasteiger partial charge on any atom is 0.113 e. The molecule has 3 rings (SSSR count). The van der Waals surface area contributed by atoms with Crippen LogP contribution in [-0.4, -0.2) is 51.4 Å². The van der Waals surface area contributed by atoms with Gasteiger partial charge < -0.3 is 25.2 Å². The van der Waals surface area contributed by atoms with Crippen LogP contribution in [-0.2, 0) is 11.1 Å². The lowest BCUT2D eigenvalue weighted by molar-refractivity contribution is -0.231. The third-order valence-electron chi connectivity index (χ3n) is 4.76. The van der Waals surface area contributed by atoms with Crippen molar-refractivity contribution in [3.05, 3.63) is 75.8 Å². The van der Waals surface area contributed by atoms with Crippen LogP contribution in [0.4, 0.5) is 0 Å². The summed E-state index contributed by atoms with van der Waals surface area (Å²) < 4.78 is 22.9. The Labute approximate surface area is 172 Å². The van der Waals surface area contributed by atoms with Crippen molar-refractivity contribution in [3.8, 4) is 0 Å². The molecule has 1 aliphatic rings. The van der Waals surface area contributed by atoms with Crippen molar-refractivity contribution in [2.45, 2.75) is 43.8 Å². The predicted octanol–water partition coefficient (Wildman–Crippen LogP) is 2.48. The van der Waals surface area contributed by atoms with Gasteiger partial charge in [0, 0.05) is 7.76 Å². The quantitative estimate of drug-likeness (QED) is 0.612. The molecule has 2 aromatic carbocycles. The van der Waals surface area contributed by atoms with Crippen LogP contribution in [0.3, 0.4) is 0 Å². The third kappa shape index (κ3) is 4.46. The van der Waals surface area contributed by atoms with Crippen LogP contribution in [0, 0.1) is 0 Å². The third-order valence-corrected chi connectivity index (χ3v) is 5.09. The van der Waals surface area contributed by atoms with Gasteiger partial charge in [-0.05, 0) is 41.6 Å². The van der Waals surface area contributed by atoms with E-state index in [0.717, 1.165) is 5.56 Å². The second-order valence-electron chi connectivity index (χ2n) is 6.74. The Morgan fingerprint density at radius 3 is 2.43 bits per heavy atom. The Balaban J connectivity index is 1.98. The Morgan fingerprint density at radius 2 is 1.79 bits per heavy atom. The number of hydrogen-bond donors (Lipinski definition) is 4. The molecule has 1 saturated heterocycles. The Bertz CT molecular complexity index is 901. The average molecular weight is 407 g/mol. The largest absolute Gasteiger partial charge is 0.394 e. The number of allylic oxidation sites excluding steroid dienone is 1. The van der Waals surface area contributed by atoms with Gasteiger partial charge in [0.2, 0.25) is 0 Å². The van der Waals surface area contributed by atoms with Gasteiger partial charge >= 0.3 is 0 Å². The number of aliphatic hydroxyl groups excluding tert-OH is 4. The minimum atomic E-state index is -1.93. The summed E-state index contributed by atoms with van der Waals surface area (Å²) in [5, 5.41) is 40.0. The molecule has 1 aliphatic heterocycles. The van der Waals surface area contributed by atoms with Crippen molar-refractivity contribution in [3.63, 3.8) is 0 Å². The first-order valence-electron chi connectivity index (χ1n) is 10.0. The number of halogens is 1. The highest BCUT2D eigenvalue weighted by Gasteiger charge is 2.43. The summed E-state index contributed by atoms with van der Waals surface area (Å²) in [6.45, 7) is 1.36. The molecule has 2 aromatic rings. The lowest BCUT2D eigenvalue weighted by atomic mass is 9.90. The van der Waals surface area contributed by atoms with E-state index in [1.165, 1.54) is 12.1 Å². The van der Waals surface area contributed by atoms with E-state index in [0.29, 0.717) is 11.1 Å². The van der Waals surface area contributed by atoms with E-state index < -0.39 is 43.5 Å². The maximum atomic E-state index is 10.4. The summed E-state index contributed by atoms with van der Waals surface area (Å²) >= 11 is 6.31. The summed E-state index contributed by atoms with van der Waals surface area (Å²) in [6.07, 6.45) is -4.69. The van der Waals surface area contributed by atoms with Crippen LogP contribution < -0.4 is 0 Å². The van der Waals surface area contributed by atoms with Gasteiger partial charge in [-0.3, -0.25) is 0 Å². The molecule has 6 heteroatoms. The first-order chi connectivity index (χ1) is 14.2. The first kappa shape index (κ1) is 18.3. The van der Waals surface area contributed by atoms with E-state index in [2.05, 4.69) is 0 Å². The average Bonchev–Trinajstić information content (AvgIpc) is 2.73. The molecule has 0 aromatic heterocycles. The highest BCUT2D eigenvalue weighted by Crippen LogP contribution is 2.34. The number of hydrogen-bond acceptors (Lipinski definition) is 5. The standard InChI is InChI=1S/C22H25ClO5/c1-2-3-13-4-6-14(7-5-13)10-16-11-15(8-9-17(16)23)22-21(27)20(26)19(25)18(12-24)28-22/h2-9,11,18-22,24-27H,10,12H2,1H3/b3-2+/t18-,19-,20+,21-,22+/m1/s1/i10D2. The van der Waals surface area contributed by atoms with Crippen LogP contribution in [0.5, 0.6) is 0 Å². The zero-order chi connectivity index (χ0) is 22.1. The monoisotopic (exact) mass is 406 g/mol. The normalized spacial score (nSPS) is 29.6. The molecule has 0 amide bonds. The lowest BCUT2D eigenvalue weighted by Gasteiger charge is -2.40. The molecule has 1 fully saturated rings. The van der Waals surface area contributed by atoms with E-state index in [9.17, 15) is 20.4 Å². The fourth-order valence-corrected chi connectivity index (χ4v) is 3.38. The van der Waals surface area contributed by atoms with Gasteiger partial charge in [0.1, 0.15) is 30.5 Å². The Hall–Kier alpha value is -1.73. The molecule has 5 nitrogen and oxygen atoms in total. The van der Waals surface area contributed by atoms with E-state index in [-0.39, 0.29) is 10.6 Å². The molecule has 4 N–H and O–H groups in total. The Morgan fingerprint density at radius 1 is 1.07 bits per heavy atom. The molecule has 28 heavy (non-hydrogen) atoms. The van der Waals surface area contributed by atoms with Crippen molar-refractivity contribution < 1.29 is 27.9 Å². The van der Waals surface area contributed by atoms with Crippen molar-refractivity contribution in [2.75, 3.05) is 6.61 Å². The van der Waals surface area contributed by atoms with E-state index in [1.807, 2.05) is 31.2 Å². The van der Waals surface area contributed by atoms with Gasteiger partial charge in [-0.2, -0.15) is 0 Å². The molecular weight excluding hydrogens is 380 g/mol. The summed E-state index contributed by atoms with van der Waals surface area (Å²) in [7, 11) is 0. The number of rotatable bonds is 5. The van der Waals surface area contributed by atoms with Gasteiger partial charge in [-0.25, -0.2) is 0 Å². The van der Waals surface area contributed by atoms with Crippen molar-refractivity contribution in [1.29, 1.82) is 0 Å². The van der Waals surface area contributed by atoms with E-state index in [4.69, 9.17) is 19.1 Å². The molecule has 0 radical (unpaired) electrons. The van der Waals surface area contributed by atoms with Crippen LogP contribution in [0.15, 0.2) is 48.5 Å². The molecule has 0 bridgehead atoms. The Kier molecular flexibility index (Phi) is 6.00. The summed E-state index contributed by atoms with van der Waals surface area (Å²) in [4.78, 5) is 0. The molecule has 0 aliphatic carbocycles. The van der Waals surface area contributed by atoms with Gasteiger partial charge in [-0.15, -0.1) is 0 Å². The van der Waals surface area contributed by atoms with Crippen molar-refractivity contribution >= 4 is 17.7 Å². The van der Waals surface area contributed by atoms with E-state index >= 15 is 0 Å². The minimum Gasteiger partial charge on any atom is -0.394 e. The van der Waals surface area contributed by atoms with Crippen LogP contribution in [0.25, 0.3) is 6.08 Å². The van der Waals surface area contributed by atoms with Crippen molar-refractivity contribution in [1.82, 2.24) is 0 Å². The number of ether oxygens (including phenoxy) is 1. The zero-order valence-electron chi connectivity index (χ0n) is 17.4. The van der Waals surface area contributed by atoms with Crippen molar-refractivity contribution in [2.24, 2.45) is 0 Å². The fraction of sp³-hybridized carbons (Fsp3) is 0.364. The smallest absolute Gasteiger partial charge is 0.113 e. The second-order valence-corrected chi connectivity index (χ2v) is 7.14. The second kappa shape index (κ2) is 9.18.